The SMILES string of the molecule is CCC1(Cc2cc3c(-c4cc(C)cc(C)c4)cccc3[cH-]2)CCC1.[Zr]. The van der Waals surface area contributed by atoms with Gasteiger partial charge >= 0.3 is 0 Å². The van der Waals surface area contributed by atoms with E-state index in [2.05, 4.69) is 69.3 Å². The number of benzene rings is 2. The number of rotatable bonds is 4. The smallest absolute Gasteiger partial charge is 0 e. The van der Waals surface area contributed by atoms with E-state index < -0.39 is 0 Å². The summed E-state index contributed by atoms with van der Waals surface area (Å²) in [5.74, 6) is 0. The Balaban J connectivity index is 0.00000182. The van der Waals surface area contributed by atoms with Crippen LogP contribution in [0.4, 0.5) is 0 Å². The maximum absolute atomic E-state index is 2.46. The molecular formula is C24H27Zr-. The molecule has 1 aliphatic rings. The molecule has 0 nitrogen and oxygen atoms in total. The van der Waals surface area contributed by atoms with E-state index in [0.29, 0.717) is 5.41 Å². The molecule has 4 rings (SSSR count). The van der Waals surface area contributed by atoms with Crippen molar-refractivity contribution in [1.29, 1.82) is 0 Å². The van der Waals surface area contributed by atoms with Gasteiger partial charge in [0.25, 0.3) is 0 Å². The van der Waals surface area contributed by atoms with Crippen LogP contribution in [0.1, 0.15) is 49.3 Å². The molecule has 1 heteroatoms. The summed E-state index contributed by atoms with van der Waals surface area (Å²) in [7, 11) is 0. The first-order chi connectivity index (χ1) is 11.6. The topological polar surface area (TPSA) is 0 Å². The van der Waals surface area contributed by atoms with Gasteiger partial charge in [0.15, 0.2) is 0 Å². The maximum Gasteiger partial charge on any atom is 0 e. The standard InChI is InChI=1S/C24H27.Zr/c1-4-24(9-6-10-24)16-19-14-20-7-5-8-22(23(20)15-19)21-12-17(2)11-18(3)13-21;/h5,7-8,11-15H,4,6,9-10,16H2,1-3H3;/q-1;. The monoisotopic (exact) mass is 405 g/mol. The van der Waals surface area contributed by atoms with Crippen molar-refractivity contribution in [3.63, 3.8) is 0 Å². The van der Waals surface area contributed by atoms with Gasteiger partial charge in [0.05, 0.1) is 0 Å². The Morgan fingerprint density at radius 3 is 2.32 bits per heavy atom. The minimum absolute atomic E-state index is 0. The molecule has 0 aromatic heterocycles. The van der Waals surface area contributed by atoms with E-state index in [1.807, 2.05) is 0 Å². The molecule has 128 valence electrons. The molecule has 3 aromatic carbocycles. The van der Waals surface area contributed by atoms with Crippen LogP contribution in [-0.2, 0) is 32.6 Å². The number of hydrogen-bond donors (Lipinski definition) is 0. The van der Waals surface area contributed by atoms with Gasteiger partial charge in [-0.1, -0.05) is 60.7 Å². The fraction of sp³-hybridized carbons (Fsp3) is 0.375. The fourth-order valence-corrected chi connectivity index (χ4v) is 4.55. The van der Waals surface area contributed by atoms with Crippen molar-refractivity contribution in [3.05, 3.63) is 65.2 Å². The Bertz CT molecular complexity index is 854. The van der Waals surface area contributed by atoms with Crippen LogP contribution in [0.25, 0.3) is 21.9 Å². The Labute approximate surface area is 171 Å². The summed E-state index contributed by atoms with van der Waals surface area (Å²) in [6, 6.07) is 18.5. The van der Waals surface area contributed by atoms with Crippen molar-refractivity contribution in [2.75, 3.05) is 0 Å². The predicted molar refractivity (Wildman–Crippen MR) is 105 cm³/mol. The first-order valence-corrected chi connectivity index (χ1v) is 9.36. The van der Waals surface area contributed by atoms with E-state index in [9.17, 15) is 0 Å². The number of aryl methyl sites for hydroxylation is 2. The number of hydrogen-bond acceptors (Lipinski definition) is 0. The first-order valence-electron chi connectivity index (χ1n) is 9.36. The molecule has 3 aromatic rings. The van der Waals surface area contributed by atoms with Crippen LogP contribution in [0, 0.1) is 19.3 Å². The van der Waals surface area contributed by atoms with E-state index in [4.69, 9.17) is 0 Å². The van der Waals surface area contributed by atoms with Gasteiger partial charge in [-0.15, -0.1) is 34.5 Å². The van der Waals surface area contributed by atoms with Gasteiger partial charge < -0.3 is 0 Å². The van der Waals surface area contributed by atoms with Crippen LogP contribution in [0.2, 0.25) is 0 Å². The van der Waals surface area contributed by atoms with Crippen LogP contribution < -0.4 is 0 Å². The quantitative estimate of drug-likeness (QED) is 0.411. The number of fused-ring (bicyclic) bond motifs is 1. The summed E-state index contributed by atoms with van der Waals surface area (Å²) in [5, 5.41) is 2.82. The Morgan fingerprint density at radius 1 is 1.00 bits per heavy atom. The Hall–Kier alpha value is -1.07. The van der Waals surface area contributed by atoms with Crippen molar-refractivity contribution in [2.45, 2.75) is 52.9 Å². The van der Waals surface area contributed by atoms with Crippen LogP contribution in [0.5, 0.6) is 0 Å². The molecule has 25 heavy (non-hydrogen) atoms. The van der Waals surface area contributed by atoms with Crippen molar-refractivity contribution < 1.29 is 26.2 Å². The fourth-order valence-electron chi connectivity index (χ4n) is 4.55. The summed E-state index contributed by atoms with van der Waals surface area (Å²) in [5.41, 5.74) is 7.53. The second kappa shape index (κ2) is 7.28. The van der Waals surface area contributed by atoms with Crippen molar-refractivity contribution >= 4 is 10.8 Å². The summed E-state index contributed by atoms with van der Waals surface area (Å²) in [6.07, 6.45) is 6.81. The molecule has 0 saturated heterocycles. The molecule has 0 unspecified atom stereocenters. The van der Waals surface area contributed by atoms with Crippen molar-refractivity contribution in [1.82, 2.24) is 0 Å². The van der Waals surface area contributed by atoms with Gasteiger partial charge in [-0.05, 0) is 44.1 Å². The molecule has 0 bridgehead atoms. The largest absolute Gasteiger partial charge is 0.164 e. The molecule has 0 atom stereocenters. The van der Waals surface area contributed by atoms with Gasteiger partial charge in [-0.3, -0.25) is 0 Å². The van der Waals surface area contributed by atoms with Crippen LogP contribution in [-0.4, -0.2) is 0 Å². The second-order valence-corrected chi connectivity index (χ2v) is 7.93. The average Bonchev–Trinajstić information content (AvgIpc) is 2.92. The van der Waals surface area contributed by atoms with Crippen molar-refractivity contribution in [2.24, 2.45) is 5.41 Å². The third-order valence-corrected chi connectivity index (χ3v) is 6.09. The van der Waals surface area contributed by atoms with Gasteiger partial charge in [-0.25, -0.2) is 0 Å². The second-order valence-electron chi connectivity index (χ2n) is 7.93. The van der Waals surface area contributed by atoms with E-state index >= 15 is 0 Å². The predicted octanol–water partition coefficient (Wildman–Crippen LogP) is 6.96. The first kappa shape index (κ1) is 18.7. The minimum atomic E-state index is 0. The summed E-state index contributed by atoms with van der Waals surface area (Å²) >= 11 is 0. The van der Waals surface area contributed by atoms with Gasteiger partial charge in [-0.2, -0.15) is 6.07 Å². The molecule has 0 radical (unpaired) electrons. The van der Waals surface area contributed by atoms with E-state index in [0.717, 1.165) is 0 Å². The third-order valence-electron chi connectivity index (χ3n) is 6.09. The zero-order chi connectivity index (χ0) is 16.7. The van der Waals surface area contributed by atoms with E-state index in [-0.39, 0.29) is 26.2 Å². The Morgan fingerprint density at radius 2 is 1.72 bits per heavy atom. The molecule has 0 aliphatic heterocycles. The zero-order valence-corrected chi connectivity index (χ0v) is 18.1. The molecule has 0 N–H and O–H groups in total. The normalized spacial score (nSPS) is 15.6. The minimum Gasteiger partial charge on any atom is -0.164 e. The van der Waals surface area contributed by atoms with Gasteiger partial charge in [0.1, 0.15) is 0 Å². The molecular weight excluding hydrogens is 379 g/mol. The molecule has 0 heterocycles. The maximum atomic E-state index is 2.46. The van der Waals surface area contributed by atoms with Crippen LogP contribution in [0.15, 0.2) is 48.5 Å². The zero-order valence-electron chi connectivity index (χ0n) is 15.7. The molecule has 0 amide bonds. The van der Waals surface area contributed by atoms with Crippen molar-refractivity contribution in [3.8, 4) is 11.1 Å². The summed E-state index contributed by atoms with van der Waals surface area (Å²) < 4.78 is 0. The molecule has 0 spiro atoms. The van der Waals surface area contributed by atoms with E-state index in [1.54, 1.807) is 0 Å². The summed E-state index contributed by atoms with van der Waals surface area (Å²) in [6.45, 7) is 6.74. The summed E-state index contributed by atoms with van der Waals surface area (Å²) in [4.78, 5) is 0. The van der Waals surface area contributed by atoms with Gasteiger partial charge in [0, 0.05) is 26.2 Å². The van der Waals surface area contributed by atoms with Crippen LogP contribution >= 0.6 is 0 Å². The molecule has 1 aliphatic carbocycles. The third kappa shape index (κ3) is 3.59. The Kier molecular flexibility index (Phi) is 5.45. The van der Waals surface area contributed by atoms with E-state index in [1.165, 1.54) is 70.7 Å². The molecule has 1 saturated carbocycles. The van der Waals surface area contributed by atoms with Gasteiger partial charge in [0.2, 0.25) is 0 Å². The van der Waals surface area contributed by atoms with Crippen LogP contribution in [0.3, 0.4) is 0 Å². The average molecular weight is 407 g/mol. The molecule has 1 fully saturated rings.